The highest BCUT2D eigenvalue weighted by Gasteiger charge is 2.29. The highest BCUT2D eigenvalue weighted by molar-refractivity contribution is 14.1. The van der Waals surface area contributed by atoms with Gasteiger partial charge in [-0.25, -0.2) is 4.98 Å². The number of furan rings is 1. The molecular weight excluding hydrogens is 367 g/mol. The second-order valence-electron chi connectivity index (χ2n) is 5.04. The Morgan fingerprint density at radius 3 is 2.85 bits per heavy atom. The minimum absolute atomic E-state index is 0.0852. The first-order valence-corrected chi connectivity index (χ1v) is 7.59. The summed E-state index contributed by atoms with van der Waals surface area (Å²) in [5.74, 6) is 1.57. The summed E-state index contributed by atoms with van der Waals surface area (Å²) in [4.78, 5) is 19.4. The largest absolute Gasteiger partial charge is 0.453 e. The Morgan fingerprint density at radius 1 is 1.30 bits per heavy atom. The lowest BCUT2D eigenvalue weighted by Crippen LogP contribution is -2.15. The SMILES string of the molecule is O=c1[nH]c(-c2cc3ccccc3o2)nc(C2CC2)c1I. The molecule has 0 spiro atoms. The highest BCUT2D eigenvalue weighted by Crippen LogP contribution is 2.40. The van der Waals surface area contributed by atoms with E-state index >= 15 is 0 Å². The maximum atomic E-state index is 12.0. The second-order valence-corrected chi connectivity index (χ2v) is 6.12. The number of hydrogen-bond acceptors (Lipinski definition) is 3. The zero-order valence-electron chi connectivity index (χ0n) is 10.5. The van der Waals surface area contributed by atoms with Gasteiger partial charge in [-0.1, -0.05) is 18.2 Å². The Bertz CT molecular complexity index is 829. The number of aromatic amines is 1. The number of rotatable bonds is 2. The van der Waals surface area contributed by atoms with Crippen LogP contribution in [0.2, 0.25) is 0 Å². The molecule has 0 atom stereocenters. The van der Waals surface area contributed by atoms with Crippen molar-refractivity contribution in [1.82, 2.24) is 9.97 Å². The zero-order chi connectivity index (χ0) is 13.7. The van der Waals surface area contributed by atoms with Gasteiger partial charge >= 0.3 is 0 Å². The molecule has 5 heteroatoms. The summed E-state index contributed by atoms with van der Waals surface area (Å²) in [6.07, 6.45) is 2.23. The van der Waals surface area contributed by atoms with Crippen LogP contribution < -0.4 is 5.56 Å². The molecule has 0 radical (unpaired) electrons. The number of para-hydroxylation sites is 1. The number of halogens is 1. The van der Waals surface area contributed by atoms with Crippen molar-refractivity contribution < 1.29 is 4.42 Å². The van der Waals surface area contributed by atoms with Crippen molar-refractivity contribution in [1.29, 1.82) is 0 Å². The fourth-order valence-corrected chi connectivity index (χ4v) is 3.01. The monoisotopic (exact) mass is 378 g/mol. The number of H-pyrrole nitrogens is 1. The molecule has 0 unspecified atom stereocenters. The van der Waals surface area contributed by atoms with Gasteiger partial charge in [-0.2, -0.15) is 0 Å². The molecular formula is C15H11IN2O2. The molecule has 1 fully saturated rings. The fourth-order valence-electron chi connectivity index (χ4n) is 2.32. The van der Waals surface area contributed by atoms with E-state index in [4.69, 9.17) is 4.42 Å². The predicted octanol–water partition coefficient (Wildman–Crippen LogP) is 3.67. The third-order valence-electron chi connectivity index (χ3n) is 3.51. The van der Waals surface area contributed by atoms with E-state index in [1.54, 1.807) is 0 Å². The van der Waals surface area contributed by atoms with Crippen LogP contribution in [0, 0.1) is 3.57 Å². The Balaban J connectivity index is 1.91. The molecule has 100 valence electrons. The minimum Gasteiger partial charge on any atom is -0.453 e. The molecule has 1 aromatic carbocycles. The van der Waals surface area contributed by atoms with Gasteiger partial charge in [0.05, 0.1) is 5.69 Å². The number of nitrogens with zero attached hydrogens (tertiary/aromatic N) is 1. The van der Waals surface area contributed by atoms with Crippen LogP contribution in [0.25, 0.3) is 22.6 Å². The van der Waals surface area contributed by atoms with E-state index in [1.807, 2.05) is 30.3 Å². The van der Waals surface area contributed by atoms with Gasteiger partial charge in [0, 0.05) is 11.3 Å². The van der Waals surface area contributed by atoms with Gasteiger partial charge in [-0.3, -0.25) is 4.79 Å². The average molecular weight is 378 g/mol. The summed E-state index contributed by atoms with van der Waals surface area (Å²) in [6.45, 7) is 0. The molecule has 1 aliphatic rings. The first-order chi connectivity index (χ1) is 9.72. The summed E-state index contributed by atoms with van der Waals surface area (Å²) in [5.41, 5.74) is 1.62. The van der Waals surface area contributed by atoms with Crippen molar-refractivity contribution in [3.63, 3.8) is 0 Å². The van der Waals surface area contributed by atoms with Crippen molar-refractivity contribution in [3.05, 3.63) is 49.9 Å². The van der Waals surface area contributed by atoms with Gasteiger partial charge in [0.25, 0.3) is 5.56 Å². The normalized spacial score (nSPS) is 14.8. The third kappa shape index (κ3) is 1.96. The number of fused-ring (bicyclic) bond motifs is 1. The van der Waals surface area contributed by atoms with E-state index in [0.717, 1.165) is 29.5 Å². The summed E-state index contributed by atoms with van der Waals surface area (Å²) >= 11 is 2.07. The van der Waals surface area contributed by atoms with E-state index in [0.29, 0.717) is 21.1 Å². The van der Waals surface area contributed by atoms with Gasteiger partial charge in [-0.15, -0.1) is 0 Å². The molecule has 20 heavy (non-hydrogen) atoms. The summed E-state index contributed by atoms with van der Waals surface area (Å²) < 4.78 is 6.47. The molecule has 1 saturated carbocycles. The maximum Gasteiger partial charge on any atom is 0.264 e. The molecule has 4 rings (SSSR count). The smallest absolute Gasteiger partial charge is 0.264 e. The van der Waals surface area contributed by atoms with Crippen LogP contribution >= 0.6 is 22.6 Å². The molecule has 1 N–H and O–H groups in total. The number of nitrogens with one attached hydrogen (secondary N) is 1. The Kier molecular flexibility index (Phi) is 2.70. The zero-order valence-corrected chi connectivity index (χ0v) is 12.7. The van der Waals surface area contributed by atoms with E-state index in [1.165, 1.54) is 0 Å². The van der Waals surface area contributed by atoms with Crippen molar-refractivity contribution in [2.45, 2.75) is 18.8 Å². The van der Waals surface area contributed by atoms with E-state index in [-0.39, 0.29) is 5.56 Å². The maximum absolute atomic E-state index is 12.0. The molecule has 1 aliphatic carbocycles. The first-order valence-electron chi connectivity index (χ1n) is 6.51. The molecule has 4 nitrogen and oxygen atoms in total. The predicted molar refractivity (Wildman–Crippen MR) is 84.8 cm³/mol. The lowest BCUT2D eigenvalue weighted by molar-refractivity contribution is 0.623. The Morgan fingerprint density at radius 2 is 2.10 bits per heavy atom. The molecule has 0 bridgehead atoms. The van der Waals surface area contributed by atoms with Gasteiger partial charge in [0.2, 0.25) is 0 Å². The van der Waals surface area contributed by atoms with Gasteiger partial charge < -0.3 is 9.40 Å². The van der Waals surface area contributed by atoms with Crippen LogP contribution in [0.15, 0.2) is 39.5 Å². The number of hydrogen-bond donors (Lipinski definition) is 1. The number of benzene rings is 1. The molecule has 3 aromatic rings. The second kappa shape index (κ2) is 4.44. The summed E-state index contributed by atoms with van der Waals surface area (Å²) in [5, 5.41) is 1.01. The first kappa shape index (κ1) is 12.1. The van der Waals surface area contributed by atoms with Crippen molar-refractivity contribution in [3.8, 4) is 11.6 Å². The molecule has 0 amide bonds. The average Bonchev–Trinajstić information content (AvgIpc) is 3.19. The van der Waals surface area contributed by atoms with Crippen LogP contribution in [0.1, 0.15) is 24.5 Å². The van der Waals surface area contributed by atoms with Gasteiger partial charge in [0.1, 0.15) is 9.15 Å². The van der Waals surface area contributed by atoms with Crippen LogP contribution in [0.4, 0.5) is 0 Å². The van der Waals surface area contributed by atoms with E-state index in [9.17, 15) is 4.79 Å². The quantitative estimate of drug-likeness (QED) is 0.693. The minimum atomic E-state index is -0.0852. The standard InChI is InChI=1S/C15H11IN2O2/c16-12-13(8-5-6-8)17-14(18-15(12)19)11-7-9-3-1-2-4-10(9)20-11/h1-4,7-8H,5-6H2,(H,17,18,19). The van der Waals surface area contributed by atoms with E-state index in [2.05, 4.69) is 32.6 Å². The lowest BCUT2D eigenvalue weighted by atomic mass is 10.2. The van der Waals surface area contributed by atoms with Crippen molar-refractivity contribution >= 4 is 33.6 Å². The highest BCUT2D eigenvalue weighted by atomic mass is 127. The lowest BCUT2D eigenvalue weighted by Gasteiger charge is -2.03. The molecule has 0 aliphatic heterocycles. The topological polar surface area (TPSA) is 58.9 Å². The van der Waals surface area contributed by atoms with Crippen molar-refractivity contribution in [2.24, 2.45) is 0 Å². The summed E-state index contributed by atoms with van der Waals surface area (Å²) in [7, 11) is 0. The van der Waals surface area contributed by atoms with Crippen LogP contribution in [-0.4, -0.2) is 9.97 Å². The van der Waals surface area contributed by atoms with Gasteiger partial charge in [-0.05, 0) is 47.6 Å². The van der Waals surface area contributed by atoms with E-state index < -0.39 is 0 Å². The Hall–Kier alpha value is -1.63. The van der Waals surface area contributed by atoms with Crippen LogP contribution in [0.5, 0.6) is 0 Å². The fraction of sp³-hybridized carbons (Fsp3) is 0.200. The van der Waals surface area contributed by atoms with Crippen molar-refractivity contribution in [2.75, 3.05) is 0 Å². The third-order valence-corrected chi connectivity index (χ3v) is 4.55. The van der Waals surface area contributed by atoms with Gasteiger partial charge in [0.15, 0.2) is 11.6 Å². The molecule has 2 aromatic heterocycles. The summed E-state index contributed by atoms with van der Waals surface area (Å²) in [6, 6.07) is 9.69. The van der Waals surface area contributed by atoms with Crippen LogP contribution in [0.3, 0.4) is 0 Å². The molecule has 2 heterocycles. The van der Waals surface area contributed by atoms with Crippen LogP contribution in [-0.2, 0) is 0 Å². The number of aromatic nitrogens is 2. The molecule has 0 saturated heterocycles. The Labute approximate surface area is 128 Å².